The van der Waals surface area contributed by atoms with Crippen molar-refractivity contribution in [2.45, 2.75) is 37.5 Å². The van der Waals surface area contributed by atoms with Gasteiger partial charge >= 0.3 is 0 Å². The summed E-state index contributed by atoms with van der Waals surface area (Å²) in [4.78, 5) is 10.5. The van der Waals surface area contributed by atoms with Gasteiger partial charge in [-0.1, -0.05) is 18.2 Å². The number of alkyl halides is 2. The number of para-hydroxylation sites is 1. The number of methoxy groups -OCH3 is 1. The molecule has 3 N–H and O–H groups in total. The quantitative estimate of drug-likeness (QED) is 0.346. The fourth-order valence-electron chi connectivity index (χ4n) is 5.35. The first-order valence-corrected chi connectivity index (χ1v) is 12.7. The van der Waals surface area contributed by atoms with E-state index in [0.29, 0.717) is 37.6 Å². The van der Waals surface area contributed by atoms with Crippen molar-refractivity contribution in [3.63, 3.8) is 0 Å². The molecule has 2 aromatic heterocycles. The van der Waals surface area contributed by atoms with Crippen LogP contribution in [0, 0.1) is 0 Å². The van der Waals surface area contributed by atoms with E-state index in [9.17, 15) is 4.39 Å². The third kappa shape index (κ3) is 4.92. The summed E-state index contributed by atoms with van der Waals surface area (Å²) in [6, 6.07) is 10.1. The zero-order valence-electron chi connectivity index (χ0n) is 20.9. The van der Waals surface area contributed by atoms with Gasteiger partial charge in [-0.25, -0.2) is 9.37 Å². The lowest BCUT2D eigenvalue weighted by Crippen LogP contribution is -2.57. The second-order valence-electron chi connectivity index (χ2n) is 9.87. The standard InChI is InChI=1S/C27H35F2N5O2/c1-18-12-20-19-6-3-4-7-22(19)33-25(20)26(34(18)15-27(29)16-36-17-27)21-14-32-24(13-23(21)35-2)31-11-10-30-9-5-8-28/h3-4,6-7,13-14,18,26,30,33H,5,8-12,15-17H2,1-2H3,(H,31,32)/t18-,26-/m1/s1. The minimum atomic E-state index is -1.35. The molecule has 1 aromatic carbocycles. The minimum absolute atomic E-state index is 0.118. The first-order valence-electron chi connectivity index (χ1n) is 12.7. The van der Waals surface area contributed by atoms with Gasteiger partial charge in [0, 0.05) is 60.1 Å². The molecule has 3 aromatic rings. The minimum Gasteiger partial charge on any atom is -0.496 e. The Kier molecular flexibility index (Phi) is 7.41. The highest BCUT2D eigenvalue weighted by atomic mass is 19.1. The number of nitrogens with one attached hydrogen (secondary N) is 3. The van der Waals surface area contributed by atoms with Crippen LogP contribution in [-0.2, 0) is 11.2 Å². The van der Waals surface area contributed by atoms with Crippen LogP contribution in [0.4, 0.5) is 14.6 Å². The van der Waals surface area contributed by atoms with Gasteiger partial charge in [-0.05, 0) is 37.9 Å². The highest BCUT2D eigenvalue weighted by Crippen LogP contribution is 2.44. The molecule has 1 saturated heterocycles. The smallest absolute Gasteiger partial charge is 0.169 e. The first kappa shape index (κ1) is 24.9. The van der Waals surface area contributed by atoms with Gasteiger partial charge in [-0.2, -0.15) is 0 Å². The van der Waals surface area contributed by atoms with Gasteiger partial charge in [0.25, 0.3) is 0 Å². The molecule has 0 aliphatic carbocycles. The maximum absolute atomic E-state index is 15.4. The molecule has 0 saturated carbocycles. The predicted molar refractivity (Wildman–Crippen MR) is 137 cm³/mol. The van der Waals surface area contributed by atoms with E-state index >= 15 is 4.39 Å². The van der Waals surface area contributed by atoms with Crippen molar-refractivity contribution in [1.29, 1.82) is 0 Å². The number of rotatable bonds is 11. The SMILES string of the molecule is COc1cc(NCCNCCCF)ncc1[C@@H]1c2[nH]c3ccccc3c2C[C@@H](C)N1CC1(F)COC1. The summed E-state index contributed by atoms with van der Waals surface area (Å²) < 4.78 is 38.7. The Balaban J connectivity index is 1.47. The summed E-state index contributed by atoms with van der Waals surface area (Å²) in [6.07, 6.45) is 3.18. The molecular weight excluding hydrogens is 464 g/mol. The van der Waals surface area contributed by atoms with Crippen molar-refractivity contribution < 1.29 is 18.3 Å². The summed E-state index contributed by atoms with van der Waals surface area (Å²) in [6.45, 7) is 4.39. The monoisotopic (exact) mass is 499 g/mol. The molecule has 0 bridgehead atoms. The lowest BCUT2D eigenvalue weighted by atomic mass is 9.87. The largest absolute Gasteiger partial charge is 0.496 e. The summed E-state index contributed by atoms with van der Waals surface area (Å²) in [5.41, 5.74) is 2.95. The molecule has 5 rings (SSSR count). The zero-order chi connectivity index (χ0) is 25.1. The van der Waals surface area contributed by atoms with Crippen molar-refractivity contribution in [1.82, 2.24) is 20.2 Å². The number of ether oxygens (including phenoxy) is 2. The molecule has 1 fully saturated rings. The van der Waals surface area contributed by atoms with Crippen LogP contribution in [0.2, 0.25) is 0 Å². The molecule has 194 valence electrons. The topological polar surface area (TPSA) is 74.4 Å². The molecule has 7 nitrogen and oxygen atoms in total. The molecule has 2 aliphatic rings. The van der Waals surface area contributed by atoms with Crippen molar-refractivity contribution >= 4 is 16.7 Å². The molecule has 0 unspecified atom stereocenters. The number of halogens is 2. The second kappa shape index (κ2) is 10.7. The molecule has 9 heteroatoms. The van der Waals surface area contributed by atoms with Gasteiger partial charge in [0.1, 0.15) is 11.6 Å². The maximum Gasteiger partial charge on any atom is 0.169 e. The summed E-state index contributed by atoms with van der Waals surface area (Å²) in [5, 5.41) is 7.70. The van der Waals surface area contributed by atoms with Crippen molar-refractivity contribution in [2.75, 3.05) is 58.5 Å². The number of H-pyrrole nitrogens is 1. The van der Waals surface area contributed by atoms with Gasteiger partial charge in [0.2, 0.25) is 0 Å². The molecule has 2 atom stereocenters. The molecule has 4 heterocycles. The van der Waals surface area contributed by atoms with Gasteiger partial charge in [0.15, 0.2) is 5.67 Å². The Morgan fingerprint density at radius 2 is 2.08 bits per heavy atom. The number of pyridine rings is 1. The third-order valence-corrected chi connectivity index (χ3v) is 7.21. The van der Waals surface area contributed by atoms with Crippen LogP contribution < -0.4 is 15.4 Å². The lowest BCUT2D eigenvalue weighted by Gasteiger charge is -2.46. The normalized spacial score (nSPS) is 21.2. The van der Waals surface area contributed by atoms with Gasteiger partial charge < -0.3 is 25.1 Å². The van der Waals surface area contributed by atoms with Crippen LogP contribution in [0.5, 0.6) is 5.75 Å². The van der Waals surface area contributed by atoms with Crippen molar-refractivity contribution in [2.24, 2.45) is 0 Å². The van der Waals surface area contributed by atoms with E-state index in [1.165, 1.54) is 10.9 Å². The molecule has 0 amide bonds. The van der Waals surface area contributed by atoms with Crippen LogP contribution >= 0.6 is 0 Å². The van der Waals surface area contributed by atoms with E-state index < -0.39 is 5.67 Å². The van der Waals surface area contributed by atoms with Crippen LogP contribution in [0.1, 0.15) is 36.2 Å². The van der Waals surface area contributed by atoms with Gasteiger partial charge in [-0.3, -0.25) is 9.29 Å². The zero-order valence-corrected chi connectivity index (χ0v) is 20.9. The van der Waals surface area contributed by atoms with Crippen LogP contribution in [0.25, 0.3) is 10.9 Å². The fraction of sp³-hybridized carbons (Fsp3) is 0.519. The molecule has 0 spiro atoms. The average Bonchev–Trinajstić information content (AvgIpc) is 3.23. The first-order chi connectivity index (χ1) is 17.5. The number of hydrogen-bond donors (Lipinski definition) is 3. The number of fused-ring (bicyclic) bond motifs is 3. The second-order valence-corrected chi connectivity index (χ2v) is 9.87. The summed E-state index contributed by atoms with van der Waals surface area (Å²) >= 11 is 0. The summed E-state index contributed by atoms with van der Waals surface area (Å²) in [7, 11) is 1.65. The van der Waals surface area contributed by atoms with Crippen LogP contribution in [0.3, 0.4) is 0 Å². The highest BCUT2D eigenvalue weighted by molar-refractivity contribution is 5.85. The van der Waals surface area contributed by atoms with E-state index in [1.807, 2.05) is 18.3 Å². The lowest BCUT2D eigenvalue weighted by molar-refractivity contribution is -0.147. The molecule has 0 radical (unpaired) electrons. The van der Waals surface area contributed by atoms with Gasteiger partial charge in [0.05, 0.1) is 33.0 Å². The average molecular weight is 500 g/mol. The van der Waals surface area contributed by atoms with E-state index in [4.69, 9.17) is 9.47 Å². The number of benzene rings is 1. The predicted octanol–water partition coefficient (Wildman–Crippen LogP) is 4.01. The maximum atomic E-state index is 15.4. The van der Waals surface area contributed by atoms with E-state index in [-0.39, 0.29) is 38.5 Å². The van der Waals surface area contributed by atoms with E-state index in [1.54, 1.807) is 7.11 Å². The Labute approximate surface area is 210 Å². The fourth-order valence-corrected chi connectivity index (χ4v) is 5.35. The Morgan fingerprint density at radius 1 is 1.25 bits per heavy atom. The molecular formula is C27H35F2N5O2. The van der Waals surface area contributed by atoms with E-state index in [2.05, 4.69) is 50.6 Å². The third-order valence-electron chi connectivity index (χ3n) is 7.21. The molecule has 2 aliphatic heterocycles. The Bertz CT molecular complexity index is 1180. The number of anilines is 1. The Hall–Kier alpha value is -2.75. The number of aromatic nitrogens is 2. The van der Waals surface area contributed by atoms with Crippen molar-refractivity contribution in [3.8, 4) is 5.75 Å². The number of hydrogen-bond acceptors (Lipinski definition) is 6. The molecule has 36 heavy (non-hydrogen) atoms. The highest BCUT2D eigenvalue weighted by Gasteiger charge is 2.46. The van der Waals surface area contributed by atoms with Gasteiger partial charge in [-0.15, -0.1) is 0 Å². The van der Waals surface area contributed by atoms with E-state index in [0.717, 1.165) is 23.2 Å². The number of nitrogens with zero attached hydrogens (tertiary/aromatic N) is 2. The van der Waals surface area contributed by atoms with Crippen LogP contribution in [0.15, 0.2) is 36.5 Å². The van der Waals surface area contributed by atoms with Crippen molar-refractivity contribution in [3.05, 3.63) is 53.3 Å². The van der Waals surface area contributed by atoms with Crippen LogP contribution in [-0.4, -0.2) is 79.8 Å². The summed E-state index contributed by atoms with van der Waals surface area (Å²) in [5.74, 6) is 1.40. The number of aromatic amines is 1. The Morgan fingerprint density at radius 3 is 2.83 bits per heavy atom.